The minimum atomic E-state index is -3.67. The number of pyridine rings is 1. The molecule has 0 saturated carbocycles. The maximum atomic E-state index is 13.3. The normalized spacial score (nSPS) is 19.5. The number of piperidine rings is 1. The first-order valence-electron chi connectivity index (χ1n) is 11.4. The highest BCUT2D eigenvalue weighted by Crippen LogP contribution is 2.25. The minimum Gasteiger partial charge on any atom is -0.352 e. The van der Waals surface area contributed by atoms with Gasteiger partial charge in [0.2, 0.25) is 11.8 Å². The second-order valence-electron chi connectivity index (χ2n) is 8.95. The number of rotatable bonds is 6. The smallest absolute Gasteiger partial charge is 0.263 e. The van der Waals surface area contributed by atoms with Crippen molar-refractivity contribution < 1.29 is 18.0 Å². The van der Waals surface area contributed by atoms with Gasteiger partial charge in [0.05, 0.1) is 4.90 Å². The Labute approximate surface area is 199 Å². The van der Waals surface area contributed by atoms with Crippen molar-refractivity contribution in [3.63, 3.8) is 0 Å². The number of carbonyl (C=O) groups excluding carboxylic acids is 2. The van der Waals surface area contributed by atoms with E-state index in [9.17, 15) is 18.0 Å². The first kappa shape index (κ1) is 23.9. The third-order valence-corrected chi connectivity index (χ3v) is 7.58. The van der Waals surface area contributed by atoms with E-state index in [0.717, 1.165) is 5.56 Å². The number of amides is 2. The number of hydrogen-bond acceptors (Lipinski definition) is 6. The molecule has 0 radical (unpaired) electrons. The molecule has 1 aromatic heterocycles. The number of benzene rings is 1. The number of sulfonamides is 1. The van der Waals surface area contributed by atoms with Crippen LogP contribution in [0, 0.1) is 11.8 Å². The van der Waals surface area contributed by atoms with E-state index in [1.165, 1.54) is 6.07 Å². The number of amidine groups is 1. The second-order valence-corrected chi connectivity index (χ2v) is 10.6. The summed E-state index contributed by atoms with van der Waals surface area (Å²) >= 11 is 0. The average molecular weight is 484 g/mol. The van der Waals surface area contributed by atoms with E-state index in [0.29, 0.717) is 38.0 Å². The molecule has 34 heavy (non-hydrogen) atoms. The zero-order valence-electron chi connectivity index (χ0n) is 19.3. The molecule has 9 nitrogen and oxygen atoms in total. The number of fused-ring (bicyclic) bond motifs is 1. The maximum Gasteiger partial charge on any atom is 0.263 e. The molecule has 0 bridgehead atoms. The summed E-state index contributed by atoms with van der Waals surface area (Å²) in [5, 5.41) is 2.95. The van der Waals surface area contributed by atoms with E-state index < -0.39 is 16.1 Å². The molecule has 4 rings (SSSR count). The molecule has 2 aliphatic rings. The molecule has 0 aliphatic carbocycles. The molecule has 1 fully saturated rings. The van der Waals surface area contributed by atoms with E-state index in [4.69, 9.17) is 0 Å². The van der Waals surface area contributed by atoms with Gasteiger partial charge < -0.3 is 10.2 Å². The van der Waals surface area contributed by atoms with Crippen molar-refractivity contribution in [3.05, 3.63) is 59.9 Å². The zero-order valence-corrected chi connectivity index (χ0v) is 20.1. The van der Waals surface area contributed by atoms with Gasteiger partial charge in [-0.25, -0.2) is 8.42 Å². The van der Waals surface area contributed by atoms with Crippen LogP contribution in [0.5, 0.6) is 0 Å². The Morgan fingerprint density at radius 3 is 2.59 bits per heavy atom. The van der Waals surface area contributed by atoms with Gasteiger partial charge in [-0.1, -0.05) is 32.0 Å². The molecule has 2 N–H and O–H groups in total. The standard InChI is InChI=1S/C24H29N5O4S/c1-16(2)21(27-22-19-7-3-4-8-20(19)34(32,33)28-22)24(31)29-12-9-18(10-13-29)23(30)26-15-17-6-5-11-25-14-17/h3-8,11,14,16,18,21H,9-10,12-13,15H2,1-2H3,(H,26,30)(H,27,28)/t21-/m0/s1. The van der Waals surface area contributed by atoms with E-state index in [-0.39, 0.29) is 34.4 Å². The van der Waals surface area contributed by atoms with E-state index in [1.807, 2.05) is 26.0 Å². The molecule has 3 heterocycles. The zero-order chi connectivity index (χ0) is 24.3. The van der Waals surface area contributed by atoms with Crippen LogP contribution >= 0.6 is 0 Å². The monoisotopic (exact) mass is 483 g/mol. The van der Waals surface area contributed by atoms with Gasteiger partial charge in [0.1, 0.15) is 11.9 Å². The van der Waals surface area contributed by atoms with Crippen molar-refractivity contribution in [2.75, 3.05) is 13.1 Å². The number of nitrogens with one attached hydrogen (secondary N) is 2. The first-order valence-corrected chi connectivity index (χ1v) is 12.9. The van der Waals surface area contributed by atoms with Crippen molar-refractivity contribution in [2.45, 2.75) is 44.2 Å². The lowest BCUT2D eigenvalue weighted by Crippen LogP contribution is -2.47. The summed E-state index contributed by atoms with van der Waals surface area (Å²) in [5.74, 6) is -0.253. The predicted molar refractivity (Wildman–Crippen MR) is 127 cm³/mol. The largest absolute Gasteiger partial charge is 0.352 e. The topological polar surface area (TPSA) is 121 Å². The third-order valence-electron chi connectivity index (χ3n) is 6.18. The van der Waals surface area contributed by atoms with Gasteiger partial charge in [-0.3, -0.25) is 24.3 Å². The van der Waals surface area contributed by atoms with Crippen LogP contribution in [0.3, 0.4) is 0 Å². The highest BCUT2D eigenvalue weighted by atomic mass is 32.2. The van der Waals surface area contributed by atoms with Crippen LogP contribution in [0.15, 0.2) is 58.7 Å². The van der Waals surface area contributed by atoms with Gasteiger partial charge in [0.15, 0.2) is 0 Å². The van der Waals surface area contributed by atoms with Crippen LogP contribution < -0.4 is 10.0 Å². The summed E-state index contributed by atoms with van der Waals surface area (Å²) in [6, 6.07) is 9.62. The minimum absolute atomic E-state index is 0.0198. The average Bonchev–Trinajstić information content (AvgIpc) is 3.11. The lowest BCUT2D eigenvalue weighted by Gasteiger charge is -2.33. The lowest BCUT2D eigenvalue weighted by molar-refractivity contribution is -0.137. The van der Waals surface area contributed by atoms with E-state index >= 15 is 0 Å². The van der Waals surface area contributed by atoms with Gasteiger partial charge in [0.25, 0.3) is 10.0 Å². The highest BCUT2D eigenvalue weighted by molar-refractivity contribution is 7.90. The maximum absolute atomic E-state index is 13.3. The fourth-order valence-electron chi connectivity index (χ4n) is 4.24. The van der Waals surface area contributed by atoms with Crippen LogP contribution in [0.2, 0.25) is 0 Å². The first-order chi connectivity index (χ1) is 16.3. The highest BCUT2D eigenvalue weighted by Gasteiger charge is 2.35. The summed E-state index contributed by atoms with van der Waals surface area (Å²) in [6.45, 7) is 5.12. The molecule has 0 spiro atoms. The van der Waals surface area contributed by atoms with E-state index in [2.05, 4.69) is 20.0 Å². The Bertz CT molecular complexity index is 1190. The molecule has 1 saturated heterocycles. The van der Waals surface area contributed by atoms with Crippen LogP contribution in [-0.4, -0.2) is 55.1 Å². The van der Waals surface area contributed by atoms with Crippen LogP contribution in [0.25, 0.3) is 0 Å². The van der Waals surface area contributed by atoms with Gasteiger partial charge in [-0.05, 0) is 42.5 Å². The Morgan fingerprint density at radius 2 is 1.91 bits per heavy atom. The SMILES string of the molecule is CC(C)[C@H](N=C1NS(=O)(=O)c2ccccc21)C(=O)N1CCC(C(=O)NCc2cccnc2)CC1. The number of aromatic nitrogens is 1. The quantitative estimate of drug-likeness (QED) is 0.648. The van der Waals surface area contributed by atoms with Crippen molar-refractivity contribution in [1.29, 1.82) is 0 Å². The van der Waals surface area contributed by atoms with Gasteiger partial charge in [-0.2, -0.15) is 0 Å². The predicted octanol–water partition coefficient (Wildman–Crippen LogP) is 1.70. The van der Waals surface area contributed by atoms with Crippen molar-refractivity contribution >= 4 is 27.7 Å². The van der Waals surface area contributed by atoms with Crippen LogP contribution in [-0.2, 0) is 26.2 Å². The van der Waals surface area contributed by atoms with Crippen molar-refractivity contribution in [3.8, 4) is 0 Å². The van der Waals surface area contributed by atoms with Gasteiger partial charge in [0, 0.05) is 43.5 Å². The number of aliphatic imine (C=N–C) groups is 1. The number of carbonyl (C=O) groups is 2. The summed E-state index contributed by atoms with van der Waals surface area (Å²) in [5.41, 5.74) is 1.41. The van der Waals surface area contributed by atoms with Crippen LogP contribution in [0.1, 0.15) is 37.8 Å². The van der Waals surface area contributed by atoms with Crippen LogP contribution in [0.4, 0.5) is 0 Å². The lowest BCUT2D eigenvalue weighted by atomic mass is 9.94. The molecule has 2 aromatic rings. The fraction of sp³-hybridized carbons (Fsp3) is 0.417. The molecule has 2 amide bonds. The Morgan fingerprint density at radius 1 is 1.18 bits per heavy atom. The van der Waals surface area contributed by atoms with Gasteiger partial charge in [-0.15, -0.1) is 0 Å². The second kappa shape index (κ2) is 9.92. The molecule has 10 heteroatoms. The molecular formula is C24H29N5O4S. The molecule has 0 unspecified atom stereocenters. The summed E-state index contributed by atoms with van der Waals surface area (Å²) in [7, 11) is -3.67. The number of hydrogen-bond donors (Lipinski definition) is 2. The summed E-state index contributed by atoms with van der Waals surface area (Å²) in [4.78, 5) is 36.4. The number of nitrogens with zero attached hydrogens (tertiary/aromatic N) is 3. The molecular weight excluding hydrogens is 454 g/mol. The summed E-state index contributed by atoms with van der Waals surface area (Å²) < 4.78 is 27.3. The van der Waals surface area contributed by atoms with Gasteiger partial charge >= 0.3 is 0 Å². The van der Waals surface area contributed by atoms with Crippen molar-refractivity contribution in [1.82, 2.24) is 19.9 Å². The molecule has 2 aliphatic heterocycles. The molecule has 180 valence electrons. The molecule has 1 aromatic carbocycles. The summed E-state index contributed by atoms with van der Waals surface area (Å²) in [6.07, 6.45) is 4.55. The fourth-order valence-corrected chi connectivity index (χ4v) is 5.48. The Kier molecular flexibility index (Phi) is 6.97. The number of likely N-dealkylation sites (tertiary alicyclic amines) is 1. The molecule has 1 atom stereocenters. The van der Waals surface area contributed by atoms with Crippen molar-refractivity contribution in [2.24, 2.45) is 16.8 Å². The third kappa shape index (κ3) is 5.11. The Balaban J connectivity index is 1.39. The van der Waals surface area contributed by atoms with E-state index in [1.54, 1.807) is 35.5 Å². The Hall–Kier alpha value is -3.27.